The van der Waals surface area contributed by atoms with E-state index in [4.69, 9.17) is 21.6 Å². The minimum absolute atomic E-state index is 0.184. The van der Waals surface area contributed by atoms with E-state index in [0.29, 0.717) is 6.07 Å². The number of alkyl halides is 3. The molecule has 1 aromatic carbocycles. The molecular weight excluding hydrogens is 299 g/mol. The fraction of sp³-hybridized carbons (Fsp3) is 0.143. The quantitative estimate of drug-likeness (QED) is 0.777. The van der Waals surface area contributed by atoms with E-state index in [2.05, 4.69) is 15.9 Å². The van der Waals surface area contributed by atoms with Gasteiger partial charge in [0.25, 0.3) is 0 Å². The van der Waals surface area contributed by atoms with Gasteiger partial charge in [-0.05, 0) is 12.1 Å². The summed E-state index contributed by atoms with van der Waals surface area (Å²) in [6.07, 6.45) is -4.54. The van der Waals surface area contributed by atoms with Crippen molar-refractivity contribution in [1.82, 2.24) is 0 Å². The van der Waals surface area contributed by atoms with Crippen molar-refractivity contribution in [3.8, 4) is 0 Å². The first-order valence-electron chi connectivity index (χ1n) is 3.65. The van der Waals surface area contributed by atoms with Crippen LogP contribution in [0.3, 0.4) is 0 Å². The van der Waals surface area contributed by atoms with Gasteiger partial charge in [-0.25, -0.2) is 0 Å². The SMILES string of the molecule is OB(O)c1cc(Br)c(C(F)(F)F)cc1Cl. The molecule has 1 rings (SSSR count). The van der Waals surface area contributed by atoms with Gasteiger partial charge in [-0.1, -0.05) is 27.5 Å². The normalized spacial score (nSPS) is 11.7. The van der Waals surface area contributed by atoms with E-state index in [0.717, 1.165) is 6.07 Å². The van der Waals surface area contributed by atoms with Gasteiger partial charge in [0.05, 0.1) is 5.56 Å². The van der Waals surface area contributed by atoms with Crippen LogP contribution < -0.4 is 5.46 Å². The smallest absolute Gasteiger partial charge is 0.423 e. The highest BCUT2D eigenvalue weighted by Gasteiger charge is 2.34. The third-order valence-electron chi connectivity index (χ3n) is 1.67. The van der Waals surface area contributed by atoms with Gasteiger partial charge in [0.2, 0.25) is 0 Å². The van der Waals surface area contributed by atoms with Crippen LogP contribution in [0.5, 0.6) is 0 Å². The van der Waals surface area contributed by atoms with E-state index in [9.17, 15) is 13.2 Å². The third-order valence-corrected chi connectivity index (χ3v) is 2.65. The molecular formula is C7H4BBrClF3O2. The van der Waals surface area contributed by atoms with Gasteiger partial charge in [0, 0.05) is 15.0 Å². The molecule has 0 saturated heterocycles. The molecule has 15 heavy (non-hydrogen) atoms. The lowest BCUT2D eigenvalue weighted by Gasteiger charge is -2.12. The maximum Gasteiger partial charge on any atom is 0.489 e. The number of rotatable bonds is 1. The van der Waals surface area contributed by atoms with Crippen molar-refractivity contribution in [3.05, 3.63) is 27.2 Å². The Bertz CT molecular complexity index is 383. The summed E-state index contributed by atoms with van der Waals surface area (Å²) in [5.41, 5.74) is -1.14. The maximum atomic E-state index is 12.3. The van der Waals surface area contributed by atoms with Crippen LogP contribution in [0.25, 0.3) is 0 Å². The van der Waals surface area contributed by atoms with Gasteiger partial charge >= 0.3 is 13.3 Å². The van der Waals surface area contributed by atoms with Crippen LogP contribution in [-0.4, -0.2) is 17.2 Å². The molecule has 0 amide bonds. The van der Waals surface area contributed by atoms with Crippen LogP contribution in [-0.2, 0) is 6.18 Å². The molecule has 0 spiro atoms. The van der Waals surface area contributed by atoms with Crippen LogP contribution in [0.2, 0.25) is 5.02 Å². The van der Waals surface area contributed by atoms with E-state index in [1.807, 2.05) is 0 Å². The summed E-state index contributed by atoms with van der Waals surface area (Å²) in [4.78, 5) is 0. The first-order valence-corrected chi connectivity index (χ1v) is 4.83. The minimum atomic E-state index is -4.54. The zero-order valence-electron chi connectivity index (χ0n) is 7.02. The van der Waals surface area contributed by atoms with E-state index in [1.165, 1.54) is 0 Å². The molecule has 0 atom stereocenters. The summed E-state index contributed by atoms with van der Waals surface area (Å²) in [6, 6.07) is 1.57. The summed E-state index contributed by atoms with van der Waals surface area (Å²) in [6.45, 7) is 0. The van der Waals surface area contributed by atoms with E-state index in [1.54, 1.807) is 0 Å². The predicted molar refractivity (Wildman–Crippen MR) is 54.0 cm³/mol. The van der Waals surface area contributed by atoms with Gasteiger partial charge < -0.3 is 10.0 Å². The van der Waals surface area contributed by atoms with Gasteiger partial charge in [0.15, 0.2) is 0 Å². The van der Waals surface area contributed by atoms with Crippen LogP contribution in [0.4, 0.5) is 13.2 Å². The van der Waals surface area contributed by atoms with Crippen LogP contribution in [0.1, 0.15) is 5.56 Å². The second-order valence-electron chi connectivity index (χ2n) is 2.72. The van der Waals surface area contributed by atoms with Crippen molar-refractivity contribution in [1.29, 1.82) is 0 Å². The summed E-state index contributed by atoms with van der Waals surface area (Å²) in [5, 5.41) is 17.2. The molecule has 2 N–H and O–H groups in total. The zero-order chi connectivity index (χ0) is 11.8. The first-order chi connectivity index (χ1) is 6.73. The summed E-state index contributed by atoms with van der Waals surface area (Å²) in [5.74, 6) is 0. The van der Waals surface area contributed by atoms with Gasteiger partial charge in [-0.3, -0.25) is 0 Å². The molecule has 0 aliphatic heterocycles. The van der Waals surface area contributed by atoms with E-state index in [-0.39, 0.29) is 15.0 Å². The molecule has 0 aliphatic rings. The average molecular weight is 303 g/mol. The molecule has 0 heterocycles. The molecule has 0 radical (unpaired) electrons. The molecule has 0 unspecified atom stereocenters. The topological polar surface area (TPSA) is 40.5 Å². The maximum absolute atomic E-state index is 12.3. The molecule has 0 fully saturated rings. The van der Waals surface area contributed by atoms with Gasteiger partial charge in [0.1, 0.15) is 0 Å². The fourth-order valence-corrected chi connectivity index (χ4v) is 1.82. The first kappa shape index (κ1) is 12.8. The van der Waals surface area contributed by atoms with Crippen molar-refractivity contribution >= 4 is 40.1 Å². The van der Waals surface area contributed by atoms with E-state index < -0.39 is 18.9 Å². The molecule has 0 bridgehead atoms. The standard InChI is InChI=1S/C7H4BBrClF3O2/c9-5-2-4(8(14)15)6(10)1-3(5)7(11,12)13/h1-2,14-15H. The summed E-state index contributed by atoms with van der Waals surface area (Å²) in [7, 11) is -1.91. The Morgan fingerprint density at radius 1 is 1.27 bits per heavy atom. The monoisotopic (exact) mass is 302 g/mol. The summed E-state index contributed by atoms with van der Waals surface area (Å²) >= 11 is 8.15. The molecule has 82 valence electrons. The molecule has 0 aromatic heterocycles. The Hall–Kier alpha value is -0.235. The molecule has 0 aliphatic carbocycles. The van der Waals surface area contributed by atoms with Crippen molar-refractivity contribution in [3.63, 3.8) is 0 Å². The van der Waals surface area contributed by atoms with Crippen molar-refractivity contribution < 1.29 is 23.2 Å². The van der Waals surface area contributed by atoms with Crippen LogP contribution in [0.15, 0.2) is 16.6 Å². The number of hydrogen-bond acceptors (Lipinski definition) is 2. The fourth-order valence-electron chi connectivity index (χ4n) is 0.977. The van der Waals surface area contributed by atoms with Crippen molar-refractivity contribution in [2.75, 3.05) is 0 Å². The average Bonchev–Trinajstić information content (AvgIpc) is 2.06. The molecule has 2 nitrogen and oxygen atoms in total. The Morgan fingerprint density at radius 3 is 2.20 bits per heavy atom. The van der Waals surface area contributed by atoms with Crippen molar-refractivity contribution in [2.45, 2.75) is 6.18 Å². The zero-order valence-corrected chi connectivity index (χ0v) is 9.36. The lowest BCUT2D eigenvalue weighted by molar-refractivity contribution is -0.138. The molecule has 0 saturated carbocycles. The highest BCUT2D eigenvalue weighted by Crippen LogP contribution is 2.35. The molecule has 1 aromatic rings. The Kier molecular flexibility index (Phi) is 3.70. The highest BCUT2D eigenvalue weighted by molar-refractivity contribution is 9.10. The lowest BCUT2D eigenvalue weighted by atomic mass is 9.80. The molecule has 8 heteroatoms. The number of benzene rings is 1. The van der Waals surface area contributed by atoms with Gasteiger partial charge in [-0.15, -0.1) is 0 Å². The van der Waals surface area contributed by atoms with E-state index >= 15 is 0 Å². The Morgan fingerprint density at radius 2 is 1.80 bits per heavy atom. The largest absolute Gasteiger partial charge is 0.489 e. The minimum Gasteiger partial charge on any atom is -0.423 e. The number of halogens is 5. The highest BCUT2D eigenvalue weighted by atomic mass is 79.9. The second kappa shape index (κ2) is 4.33. The van der Waals surface area contributed by atoms with Crippen LogP contribution >= 0.6 is 27.5 Å². The van der Waals surface area contributed by atoms with Crippen LogP contribution in [0, 0.1) is 0 Å². The lowest BCUT2D eigenvalue weighted by Crippen LogP contribution is -2.31. The Labute approximate surface area is 96.9 Å². The number of hydrogen-bond donors (Lipinski definition) is 2. The third kappa shape index (κ3) is 2.87. The van der Waals surface area contributed by atoms with Gasteiger partial charge in [-0.2, -0.15) is 13.2 Å². The summed E-state index contributed by atoms with van der Waals surface area (Å²) < 4.78 is 36.8. The Balaban J connectivity index is 3.32. The second-order valence-corrected chi connectivity index (χ2v) is 3.99. The predicted octanol–water partition coefficient (Wildman–Crippen LogP) is 1.80. The van der Waals surface area contributed by atoms with Crippen molar-refractivity contribution in [2.24, 2.45) is 0 Å².